The average molecular weight is 280 g/mol. The molecule has 0 fully saturated rings. The Bertz CT molecular complexity index is 659. The van der Waals surface area contributed by atoms with Crippen molar-refractivity contribution in [2.75, 3.05) is 0 Å². The highest BCUT2D eigenvalue weighted by Gasteiger charge is 2.11. The van der Waals surface area contributed by atoms with Crippen LogP contribution in [0.5, 0.6) is 0 Å². The number of fused-ring (bicyclic) bond motifs is 1. The van der Waals surface area contributed by atoms with E-state index in [0.29, 0.717) is 23.1 Å². The number of hydrogen-bond donors (Lipinski definition) is 0. The molecule has 0 unspecified atom stereocenters. The predicted octanol–water partition coefficient (Wildman–Crippen LogP) is 2.95. The Morgan fingerprint density at radius 1 is 1.31 bits per heavy atom. The molecule has 0 spiro atoms. The van der Waals surface area contributed by atoms with Gasteiger partial charge in [-0.3, -0.25) is 0 Å². The molecule has 0 aliphatic rings. The fourth-order valence-corrected chi connectivity index (χ4v) is 1.82. The number of aryl methyl sites for hydroxylation is 1. The first-order chi connectivity index (χ1) is 7.74. The normalized spacial score (nSPS) is 11.1. The number of rotatable bonds is 1. The molecule has 3 heterocycles. The second-order valence-electron chi connectivity index (χ2n) is 3.28. The quantitative estimate of drug-likeness (QED) is 0.685. The number of aromatic nitrogens is 3. The zero-order valence-electron chi connectivity index (χ0n) is 8.27. The molecule has 0 aromatic carbocycles. The third-order valence-electron chi connectivity index (χ3n) is 2.16. The minimum Gasteiger partial charge on any atom is -0.461 e. The molecule has 0 aliphatic heterocycles. The lowest BCUT2D eigenvalue weighted by molar-refractivity contribution is 0.531. The van der Waals surface area contributed by atoms with Crippen LogP contribution in [0.25, 0.3) is 22.6 Å². The smallest absolute Gasteiger partial charge is 0.266 e. The van der Waals surface area contributed by atoms with E-state index < -0.39 is 0 Å². The van der Waals surface area contributed by atoms with Gasteiger partial charge in [0.05, 0.1) is 10.7 Å². The first kappa shape index (κ1) is 9.53. The monoisotopic (exact) mass is 279 g/mol. The van der Waals surface area contributed by atoms with Gasteiger partial charge in [0, 0.05) is 12.3 Å². The van der Waals surface area contributed by atoms with Gasteiger partial charge in [0.2, 0.25) is 5.89 Å². The highest BCUT2D eigenvalue weighted by Crippen LogP contribution is 2.28. The SMILES string of the molecule is Cc1nnc(-c2cc3c(Br)coc3cn2)o1. The second-order valence-corrected chi connectivity index (χ2v) is 4.13. The standard InChI is InChI=1S/C10H6BrN3O2/c1-5-13-14-10(16-5)8-2-6-7(11)4-15-9(6)3-12-8/h2-4H,1H3. The summed E-state index contributed by atoms with van der Waals surface area (Å²) in [7, 11) is 0. The highest BCUT2D eigenvalue weighted by atomic mass is 79.9. The zero-order valence-corrected chi connectivity index (χ0v) is 9.85. The molecule has 6 heteroatoms. The van der Waals surface area contributed by atoms with Crippen LogP contribution in [0, 0.1) is 6.92 Å². The fraction of sp³-hybridized carbons (Fsp3) is 0.100. The van der Waals surface area contributed by atoms with Gasteiger partial charge >= 0.3 is 0 Å². The molecular formula is C10H6BrN3O2. The molecule has 0 saturated carbocycles. The fourth-order valence-electron chi connectivity index (χ4n) is 1.42. The summed E-state index contributed by atoms with van der Waals surface area (Å²) in [6.45, 7) is 1.74. The van der Waals surface area contributed by atoms with Crippen molar-refractivity contribution in [3.63, 3.8) is 0 Å². The maximum absolute atomic E-state index is 5.30. The molecule has 0 N–H and O–H groups in total. The van der Waals surface area contributed by atoms with Crippen molar-refractivity contribution < 1.29 is 8.83 Å². The van der Waals surface area contributed by atoms with Crippen molar-refractivity contribution >= 4 is 26.9 Å². The zero-order chi connectivity index (χ0) is 11.1. The summed E-state index contributed by atoms with van der Waals surface area (Å²) in [5.41, 5.74) is 1.35. The maximum atomic E-state index is 5.30. The Hall–Kier alpha value is -1.69. The lowest BCUT2D eigenvalue weighted by Gasteiger charge is -1.93. The van der Waals surface area contributed by atoms with Gasteiger partial charge in [-0.05, 0) is 22.0 Å². The van der Waals surface area contributed by atoms with Crippen LogP contribution in [0.3, 0.4) is 0 Å². The van der Waals surface area contributed by atoms with E-state index in [4.69, 9.17) is 8.83 Å². The summed E-state index contributed by atoms with van der Waals surface area (Å²) in [6, 6.07) is 1.84. The number of hydrogen-bond acceptors (Lipinski definition) is 5. The van der Waals surface area contributed by atoms with Gasteiger partial charge in [-0.1, -0.05) is 0 Å². The first-order valence-electron chi connectivity index (χ1n) is 4.57. The number of furan rings is 1. The van der Waals surface area contributed by atoms with E-state index in [0.717, 1.165) is 9.86 Å². The number of nitrogens with zero attached hydrogens (tertiary/aromatic N) is 3. The minimum atomic E-state index is 0.410. The molecule has 0 atom stereocenters. The van der Waals surface area contributed by atoms with Gasteiger partial charge < -0.3 is 8.83 Å². The molecule has 16 heavy (non-hydrogen) atoms. The summed E-state index contributed by atoms with van der Waals surface area (Å²) in [4.78, 5) is 4.19. The van der Waals surface area contributed by atoms with Gasteiger partial charge in [0.1, 0.15) is 12.0 Å². The van der Waals surface area contributed by atoms with Crippen LogP contribution in [0.15, 0.2) is 31.8 Å². The van der Waals surface area contributed by atoms with Gasteiger partial charge in [-0.15, -0.1) is 10.2 Å². The van der Waals surface area contributed by atoms with E-state index in [1.807, 2.05) is 6.07 Å². The average Bonchev–Trinajstić information content (AvgIpc) is 2.86. The maximum Gasteiger partial charge on any atom is 0.266 e. The van der Waals surface area contributed by atoms with Crippen molar-refractivity contribution in [1.29, 1.82) is 0 Å². The predicted molar refractivity (Wildman–Crippen MR) is 59.7 cm³/mol. The topological polar surface area (TPSA) is 65.0 Å². The molecule has 0 bridgehead atoms. The van der Waals surface area contributed by atoms with Gasteiger partial charge in [0.15, 0.2) is 5.58 Å². The van der Waals surface area contributed by atoms with E-state index in [2.05, 4.69) is 31.1 Å². The van der Waals surface area contributed by atoms with Crippen LogP contribution in [-0.2, 0) is 0 Å². The summed E-state index contributed by atoms with van der Waals surface area (Å²) in [5, 5.41) is 8.60. The molecule has 3 rings (SSSR count). The Kier molecular flexibility index (Phi) is 2.03. The van der Waals surface area contributed by atoms with E-state index in [1.165, 1.54) is 0 Å². The summed E-state index contributed by atoms with van der Waals surface area (Å²) >= 11 is 3.39. The molecule has 3 aromatic rings. The first-order valence-corrected chi connectivity index (χ1v) is 5.36. The third kappa shape index (κ3) is 1.42. The lowest BCUT2D eigenvalue weighted by Crippen LogP contribution is -1.82. The molecular weight excluding hydrogens is 274 g/mol. The molecule has 0 saturated heterocycles. The van der Waals surface area contributed by atoms with Crippen LogP contribution in [0.1, 0.15) is 5.89 Å². The van der Waals surface area contributed by atoms with Crippen LogP contribution in [0.2, 0.25) is 0 Å². The van der Waals surface area contributed by atoms with E-state index in [-0.39, 0.29) is 0 Å². The van der Waals surface area contributed by atoms with Crippen LogP contribution in [0.4, 0.5) is 0 Å². The molecule has 0 amide bonds. The summed E-state index contributed by atoms with van der Waals surface area (Å²) in [6.07, 6.45) is 3.25. The van der Waals surface area contributed by atoms with Crippen LogP contribution < -0.4 is 0 Å². The summed E-state index contributed by atoms with van der Waals surface area (Å²) in [5.74, 6) is 0.927. The Labute approximate surface area is 98.6 Å². The van der Waals surface area contributed by atoms with Crippen molar-refractivity contribution in [1.82, 2.24) is 15.2 Å². The van der Waals surface area contributed by atoms with Gasteiger partial charge in [0.25, 0.3) is 5.89 Å². The van der Waals surface area contributed by atoms with Crippen LogP contribution >= 0.6 is 15.9 Å². The molecule has 5 nitrogen and oxygen atoms in total. The Morgan fingerprint density at radius 2 is 2.19 bits per heavy atom. The molecule has 3 aromatic heterocycles. The number of halogens is 1. The largest absolute Gasteiger partial charge is 0.461 e. The third-order valence-corrected chi connectivity index (χ3v) is 2.77. The number of pyridine rings is 1. The van der Waals surface area contributed by atoms with Crippen molar-refractivity contribution in [2.24, 2.45) is 0 Å². The van der Waals surface area contributed by atoms with Gasteiger partial charge in [-0.2, -0.15) is 0 Å². The van der Waals surface area contributed by atoms with Crippen molar-refractivity contribution in [3.05, 3.63) is 28.9 Å². The second kappa shape index (κ2) is 3.41. The lowest BCUT2D eigenvalue weighted by atomic mass is 10.2. The van der Waals surface area contributed by atoms with Crippen molar-refractivity contribution in [2.45, 2.75) is 6.92 Å². The Morgan fingerprint density at radius 3 is 2.94 bits per heavy atom. The molecule has 0 radical (unpaired) electrons. The minimum absolute atomic E-state index is 0.410. The van der Waals surface area contributed by atoms with E-state index >= 15 is 0 Å². The Balaban J connectivity index is 2.21. The van der Waals surface area contributed by atoms with Gasteiger partial charge in [-0.25, -0.2) is 4.98 Å². The summed E-state index contributed by atoms with van der Waals surface area (Å²) < 4.78 is 11.5. The van der Waals surface area contributed by atoms with E-state index in [1.54, 1.807) is 19.4 Å². The molecule has 80 valence electrons. The van der Waals surface area contributed by atoms with Crippen molar-refractivity contribution in [3.8, 4) is 11.6 Å². The highest BCUT2D eigenvalue weighted by molar-refractivity contribution is 9.10. The van der Waals surface area contributed by atoms with E-state index in [9.17, 15) is 0 Å². The molecule has 0 aliphatic carbocycles. The van der Waals surface area contributed by atoms with Crippen LogP contribution in [-0.4, -0.2) is 15.2 Å².